The van der Waals surface area contributed by atoms with Crippen molar-refractivity contribution in [3.05, 3.63) is 23.8 Å². The third-order valence-corrected chi connectivity index (χ3v) is 10.3. The summed E-state index contributed by atoms with van der Waals surface area (Å²) in [4.78, 5) is 37.9. The third-order valence-electron chi connectivity index (χ3n) is 10.3. The van der Waals surface area contributed by atoms with Crippen molar-refractivity contribution in [2.24, 2.45) is 28.6 Å². The van der Waals surface area contributed by atoms with Gasteiger partial charge in [0.1, 0.15) is 11.7 Å². The maximum absolute atomic E-state index is 17.3. The molecule has 8 nitrogen and oxygen atoms in total. The van der Waals surface area contributed by atoms with Gasteiger partial charge in [-0.1, -0.05) is 39.3 Å². The molecule has 9 heteroatoms. The molecular weight excluding hydrogens is 507 g/mol. The molecule has 0 amide bonds. The zero-order chi connectivity index (χ0) is 28.8. The van der Waals surface area contributed by atoms with E-state index in [9.17, 15) is 24.6 Å². The first-order chi connectivity index (χ1) is 18.3. The van der Waals surface area contributed by atoms with E-state index in [2.05, 4.69) is 0 Å². The van der Waals surface area contributed by atoms with Gasteiger partial charge in [-0.2, -0.15) is 0 Å². The Bertz CT molecular complexity index is 1060. The highest BCUT2D eigenvalue weighted by molar-refractivity contribution is 6.01. The maximum atomic E-state index is 17.3. The van der Waals surface area contributed by atoms with Crippen LogP contribution in [0, 0.1) is 28.6 Å². The van der Waals surface area contributed by atoms with Crippen molar-refractivity contribution in [1.29, 1.82) is 0 Å². The fourth-order valence-electron chi connectivity index (χ4n) is 8.14. The lowest BCUT2D eigenvalue weighted by Gasteiger charge is -2.62. The van der Waals surface area contributed by atoms with Crippen molar-refractivity contribution in [3.8, 4) is 0 Å². The molecule has 0 aliphatic heterocycles. The van der Waals surface area contributed by atoms with Gasteiger partial charge >= 0.3 is 6.16 Å². The first-order valence-electron chi connectivity index (χ1n) is 14.3. The van der Waals surface area contributed by atoms with Crippen LogP contribution in [-0.2, 0) is 23.8 Å². The summed E-state index contributed by atoms with van der Waals surface area (Å²) in [5, 5.41) is 23.4. The molecule has 0 aromatic rings. The molecule has 4 aliphatic rings. The second-order valence-corrected chi connectivity index (χ2v) is 12.4. The lowest BCUT2D eigenvalue weighted by atomic mass is 9.44. The fraction of sp³-hybridized carbons (Fsp3) is 0.767. The van der Waals surface area contributed by atoms with E-state index in [0.29, 0.717) is 37.9 Å². The summed E-state index contributed by atoms with van der Waals surface area (Å²) in [5.74, 6) is -2.45. The predicted octanol–water partition coefficient (Wildman–Crippen LogP) is 4.26. The molecule has 4 aliphatic carbocycles. The predicted molar refractivity (Wildman–Crippen MR) is 140 cm³/mol. The first-order valence-corrected chi connectivity index (χ1v) is 14.3. The Morgan fingerprint density at radius 1 is 1.23 bits per heavy atom. The van der Waals surface area contributed by atoms with Crippen LogP contribution in [0.4, 0.5) is 9.18 Å². The van der Waals surface area contributed by atoms with Crippen LogP contribution < -0.4 is 0 Å². The molecule has 0 aromatic heterocycles. The molecule has 4 rings (SSSR count). The third kappa shape index (κ3) is 4.49. The Kier molecular flexibility index (Phi) is 8.20. The number of carbonyl (C=O) groups is 3. The highest BCUT2D eigenvalue weighted by atomic mass is 19.1. The van der Waals surface area contributed by atoms with Gasteiger partial charge in [-0.15, -0.1) is 0 Å². The van der Waals surface area contributed by atoms with Gasteiger partial charge in [0.05, 0.1) is 12.7 Å². The van der Waals surface area contributed by atoms with E-state index in [4.69, 9.17) is 14.2 Å². The monoisotopic (exact) mass is 550 g/mol. The Morgan fingerprint density at radius 3 is 2.62 bits per heavy atom. The maximum Gasteiger partial charge on any atom is 0.509 e. The van der Waals surface area contributed by atoms with Gasteiger partial charge in [0, 0.05) is 23.4 Å². The minimum absolute atomic E-state index is 0.140. The molecule has 0 heterocycles. The number of ketones is 2. The second-order valence-electron chi connectivity index (χ2n) is 12.4. The van der Waals surface area contributed by atoms with Gasteiger partial charge in [-0.3, -0.25) is 9.59 Å². The molecule has 0 radical (unpaired) electrons. The number of alkyl halides is 1. The van der Waals surface area contributed by atoms with Crippen LogP contribution in [0.1, 0.15) is 73.1 Å². The van der Waals surface area contributed by atoms with Crippen LogP contribution in [-0.4, -0.2) is 71.2 Å². The van der Waals surface area contributed by atoms with Crippen molar-refractivity contribution in [2.75, 3.05) is 19.8 Å². The summed E-state index contributed by atoms with van der Waals surface area (Å²) in [7, 11) is 0. The minimum atomic E-state index is -2.05. The minimum Gasteiger partial charge on any atom is -0.429 e. The number of aliphatic hydroxyl groups excluding tert-OH is 1. The lowest BCUT2D eigenvalue weighted by molar-refractivity contribution is -0.219. The van der Waals surface area contributed by atoms with Gasteiger partial charge in [0.15, 0.2) is 18.1 Å². The largest absolute Gasteiger partial charge is 0.509 e. The van der Waals surface area contributed by atoms with E-state index in [0.717, 1.165) is 6.42 Å². The van der Waals surface area contributed by atoms with Crippen molar-refractivity contribution < 1.29 is 43.2 Å². The number of aliphatic hydroxyl groups is 2. The molecule has 0 aromatic carbocycles. The number of ether oxygens (including phenoxy) is 3. The molecule has 218 valence electrons. The first kappa shape index (κ1) is 29.9. The molecule has 0 bridgehead atoms. The van der Waals surface area contributed by atoms with Crippen molar-refractivity contribution in [3.63, 3.8) is 0 Å². The Hall–Kier alpha value is -2.10. The SMILES string of the molecule is CCCOCC(CC)OC(=O)OCC(=O)[C@@]1(O)[C@H](C)C[C@H]2[C@@H]3CCC4=CC(=O)C=C[C@]4(C)[C@@]3(F)[C@@H](O)C[C@@]21C. The number of rotatable bonds is 9. The van der Waals surface area contributed by atoms with E-state index in [1.54, 1.807) is 26.8 Å². The smallest absolute Gasteiger partial charge is 0.429 e. The Morgan fingerprint density at radius 2 is 1.95 bits per heavy atom. The van der Waals surface area contributed by atoms with Crippen molar-refractivity contribution >= 4 is 17.7 Å². The molecular formula is C30H43FO8. The van der Waals surface area contributed by atoms with E-state index < -0.39 is 70.6 Å². The zero-order valence-corrected chi connectivity index (χ0v) is 23.7. The van der Waals surface area contributed by atoms with E-state index in [1.807, 2.05) is 13.8 Å². The summed E-state index contributed by atoms with van der Waals surface area (Å²) in [6.07, 6.45) is 3.89. The second kappa shape index (κ2) is 10.7. The number of Topliss-reactive ketones (excluding diaryl/α,β-unsaturated/α-hetero) is 1. The quantitative estimate of drug-likeness (QED) is 0.323. The Balaban J connectivity index is 1.52. The number of hydrogen-bond acceptors (Lipinski definition) is 8. The molecule has 3 fully saturated rings. The summed E-state index contributed by atoms with van der Waals surface area (Å²) < 4.78 is 33.1. The molecule has 9 atom stereocenters. The average Bonchev–Trinajstić information content (AvgIpc) is 3.09. The topological polar surface area (TPSA) is 119 Å². The Labute approximate surface area is 229 Å². The van der Waals surface area contributed by atoms with Gasteiger partial charge in [-0.25, -0.2) is 9.18 Å². The molecule has 0 spiro atoms. The van der Waals surface area contributed by atoms with Crippen molar-refractivity contribution in [1.82, 2.24) is 0 Å². The summed E-state index contributed by atoms with van der Waals surface area (Å²) in [6, 6.07) is 0. The molecule has 2 N–H and O–H groups in total. The normalized spacial score (nSPS) is 41.6. The standard InChI is InChI=1S/C30H43FO8/c1-6-12-37-16-21(7-2)39-26(35)38-17-25(34)30(36)18(3)13-23-22-9-8-19-14-20(32)10-11-27(19,4)29(22,31)24(33)15-28(23,30)5/h10-11,14,18,21-24,33,36H,6-9,12-13,15-17H2,1-5H3/t18-,21?,22+,23+,24+,27+,28+,29+,30+/m1/s1. The van der Waals surface area contributed by atoms with E-state index >= 15 is 4.39 Å². The van der Waals surface area contributed by atoms with E-state index in [1.165, 1.54) is 12.2 Å². The molecule has 0 saturated heterocycles. The fourth-order valence-corrected chi connectivity index (χ4v) is 8.14. The van der Waals surface area contributed by atoms with Crippen LogP contribution in [0.5, 0.6) is 0 Å². The van der Waals surface area contributed by atoms with Crippen molar-refractivity contribution in [2.45, 2.75) is 96.6 Å². The summed E-state index contributed by atoms with van der Waals surface area (Å²) in [6.45, 7) is 9.10. The van der Waals surface area contributed by atoms with E-state index in [-0.39, 0.29) is 18.8 Å². The van der Waals surface area contributed by atoms with Gasteiger partial charge in [0.25, 0.3) is 0 Å². The molecule has 39 heavy (non-hydrogen) atoms. The number of hydrogen-bond donors (Lipinski definition) is 2. The number of halogens is 1. The van der Waals surface area contributed by atoms with Crippen LogP contribution in [0.15, 0.2) is 23.8 Å². The van der Waals surface area contributed by atoms with Gasteiger partial charge in [0.2, 0.25) is 5.78 Å². The van der Waals surface area contributed by atoms with Gasteiger partial charge in [-0.05, 0) is 69.4 Å². The molecule has 3 saturated carbocycles. The summed E-state index contributed by atoms with van der Waals surface area (Å²) >= 11 is 0. The average molecular weight is 551 g/mol. The number of carbonyl (C=O) groups excluding carboxylic acids is 3. The molecule has 1 unspecified atom stereocenters. The van der Waals surface area contributed by atoms with Crippen LogP contribution >= 0.6 is 0 Å². The number of fused-ring (bicyclic) bond motifs is 5. The number of allylic oxidation sites excluding steroid dienone is 4. The highest BCUT2D eigenvalue weighted by Gasteiger charge is 2.75. The zero-order valence-electron chi connectivity index (χ0n) is 23.7. The highest BCUT2D eigenvalue weighted by Crippen LogP contribution is 2.70. The van der Waals surface area contributed by atoms with Crippen LogP contribution in [0.3, 0.4) is 0 Å². The van der Waals surface area contributed by atoms with Crippen LogP contribution in [0.25, 0.3) is 0 Å². The van der Waals surface area contributed by atoms with Gasteiger partial charge < -0.3 is 24.4 Å². The lowest BCUT2D eigenvalue weighted by Crippen LogP contribution is -2.69. The van der Waals surface area contributed by atoms with Crippen LogP contribution in [0.2, 0.25) is 0 Å². The summed E-state index contributed by atoms with van der Waals surface area (Å²) in [5.41, 5.74) is -5.60.